The molecule has 2 rings (SSSR count). The number of amides is 3. The lowest BCUT2D eigenvalue weighted by Gasteiger charge is -2.23. The second-order valence-corrected chi connectivity index (χ2v) is 3.87. The Hall–Kier alpha value is -1.14. The largest absolute Gasteiger partial charge is 0.353 e. The zero-order valence-electron chi connectivity index (χ0n) is 9.11. The maximum Gasteiger partial charge on any atom is 0.324 e. The Kier molecular flexibility index (Phi) is 3.74. The maximum absolute atomic E-state index is 11.2. The molecule has 16 heavy (non-hydrogen) atoms. The number of imide groups is 1. The summed E-state index contributed by atoms with van der Waals surface area (Å²) in [4.78, 5) is 23.6. The van der Waals surface area contributed by atoms with Crippen molar-refractivity contribution in [2.75, 3.05) is 26.3 Å². The lowest BCUT2D eigenvalue weighted by Crippen LogP contribution is -2.35. The second-order valence-electron chi connectivity index (χ2n) is 3.87. The standard InChI is InChI=1S/C10H16N2O4/c13-8-7-11-10(14)12(8)4-6-16-9-3-1-2-5-15-9/h9H,1-7H2,(H,11,14). The average Bonchev–Trinajstić information content (AvgIpc) is 2.62. The molecule has 6 nitrogen and oxygen atoms in total. The van der Waals surface area contributed by atoms with Crippen molar-refractivity contribution < 1.29 is 19.1 Å². The van der Waals surface area contributed by atoms with Gasteiger partial charge in [-0.3, -0.25) is 9.69 Å². The first-order valence-corrected chi connectivity index (χ1v) is 5.59. The van der Waals surface area contributed by atoms with Crippen LogP contribution in [0.1, 0.15) is 19.3 Å². The Balaban J connectivity index is 1.67. The first kappa shape index (κ1) is 11.3. The molecule has 2 fully saturated rings. The normalized spacial score (nSPS) is 26.0. The molecule has 2 aliphatic rings. The van der Waals surface area contributed by atoms with Gasteiger partial charge in [-0.25, -0.2) is 4.79 Å². The van der Waals surface area contributed by atoms with E-state index in [2.05, 4.69) is 5.32 Å². The molecule has 3 amide bonds. The third kappa shape index (κ3) is 2.70. The predicted molar refractivity (Wildman–Crippen MR) is 54.7 cm³/mol. The molecule has 90 valence electrons. The van der Waals surface area contributed by atoms with E-state index in [0.29, 0.717) is 13.2 Å². The van der Waals surface area contributed by atoms with Crippen molar-refractivity contribution in [3.63, 3.8) is 0 Å². The van der Waals surface area contributed by atoms with Gasteiger partial charge in [0.2, 0.25) is 5.91 Å². The monoisotopic (exact) mass is 228 g/mol. The molecule has 6 heteroatoms. The second kappa shape index (κ2) is 5.27. The first-order chi connectivity index (χ1) is 7.77. The number of ether oxygens (including phenoxy) is 2. The molecular formula is C10H16N2O4. The molecule has 0 radical (unpaired) electrons. The highest BCUT2D eigenvalue weighted by atomic mass is 16.7. The fourth-order valence-electron chi connectivity index (χ4n) is 1.80. The number of nitrogens with zero attached hydrogens (tertiary/aromatic N) is 1. The van der Waals surface area contributed by atoms with Gasteiger partial charge < -0.3 is 14.8 Å². The fourth-order valence-corrected chi connectivity index (χ4v) is 1.80. The number of hydrogen-bond donors (Lipinski definition) is 1. The van der Waals surface area contributed by atoms with Gasteiger partial charge in [-0.15, -0.1) is 0 Å². The van der Waals surface area contributed by atoms with Crippen LogP contribution < -0.4 is 5.32 Å². The molecular weight excluding hydrogens is 212 g/mol. The number of carbonyl (C=O) groups excluding carboxylic acids is 2. The molecule has 1 N–H and O–H groups in total. The van der Waals surface area contributed by atoms with Crippen LogP contribution in [-0.2, 0) is 14.3 Å². The summed E-state index contributed by atoms with van der Waals surface area (Å²) < 4.78 is 10.8. The van der Waals surface area contributed by atoms with E-state index in [1.807, 2.05) is 0 Å². The molecule has 0 bridgehead atoms. The minimum Gasteiger partial charge on any atom is -0.353 e. The molecule has 0 aromatic rings. The van der Waals surface area contributed by atoms with Gasteiger partial charge in [0.15, 0.2) is 6.29 Å². The fraction of sp³-hybridized carbons (Fsp3) is 0.800. The molecule has 0 aliphatic carbocycles. The third-order valence-corrected chi connectivity index (χ3v) is 2.69. The van der Waals surface area contributed by atoms with E-state index in [0.717, 1.165) is 25.9 Å². The Morgan fingerprint density at radius 2 is 2.31 bits per heavy atom. The SMILES string of the molecule is O=C1CNC(=O)N1CCOC1CCCCO1. The van der Waals surface area contributed by atoms with E-state index in [4.69, 9.17) is 9.47 Å². The lowest BCUT2D eigenvalue weighted by atomic mass is 10.2. The quantitative estimate of drug-likeness (QED) is 0.692. The summed E-state index contributed by atoms with van der Waals surface area (Å²) in [5.74, 6) is -0.196. The van der Waals surface area contributed by atoms with Crippen LogP contribution >= 0.6 is 0 Å². The summed E-state index contributed by atoms with van der Waals surface area (Å²) in [5.41, 5.74) is 0. The number of carbonyl (C=O) groups is 2. The van der Waals surface area contributed by atoms with Gasteiger partial charge >= 0.3 is 6.03 Å². The van der Waals surface area contributed by atoms with Gasteiger partial charge in [0, 0.05) is 6.61 Å². The zero-order chi connectivity index (χ0) is 11.4. The van der Waals surface area contributed by atoms with Crippen molar-refractivity contribution in [3.8, 4) is 0 Å². The van der Waals surface area contributed by atoms with Crippen LogP contribution in [0, 0.1) is 0 Å². The number of hydrogen-bond acceptors (Lipinski definition) is 4. The van der Waals surface area contributed by atoms with Crippen molar-refractivity contribution in [1.82, 2.24) is 10.2 Å². The van der Waals surface area contributed by atoms with Crippen LogP contribution in [0.5, 0.6) is 0 Å². The van der Waals surface area contributed by atoms with Gasteiger partial charge in [-0.1, -0.05) is 0 Å². The average molecular weight is 228 g/mol. The maximum atomic E-state index is 11.2. The zero-order valence-corrected chi connectivity index (χ0v) is 9.11. The first-order valence-electron chi connectivity index (χ1n) is 5.59. The predicted octanol–water partition coefficient (Wildman–Crippen LogP) is 0.0814. The summed E-state index contributed by atoms with van der Waals surface area (Å²) >= 11 is 0. The molecule has 2 saturated heterocycles. The Labute approximate surface area is 93.9 Å². The van der Waals surface area contributed by atoms with Gasteiger partial charge in [0.25, 0.3) is 0 Å². The van der Waals surface area contributed by atoms with Crippen molar-refractivity contribution in [2.45, 2.75) is 25.6 Å². The van der Waals surface area contributed by atoms with E-state index in [9.17, 15) is 9.59 Å². The molecule has 2 aliphatic heterocycles. The summed E-state index contributed by atoms with van der Waals surface area (Å²) in [6, 6.07) is -0.335. The molecule has 0 spiro atoms. The smallest absolute Gasteiger partial charge is 0.324 e. The summed E-state index contributed by atoms with van der Waals surface area (Å²) in [7, 11) is 0. The number of rotatable bonds is 4. The van der Waals surface area contributed by atoms with Gasteiger partial charge in [0.05, 0.1) is 19.7 Å². The van der Waals surface area contributed by atoms with Crippen LogP contribution in [0.2, 0.25) is 0 Å². The highest BCUT2D eigenvalue weighted by molar-refractivity contribution is 6.01. The van der Waals surface area contributed by atoms with Gasteiger partial charge in [-0.05, 0) is 19.3 Å². The summed E-state index contributed by atoms with van der Waals surface area (Å²) in [5, 5.41) is 2.46. The van der Waals surface area contributed by atoms with Crippen LogP contribution in [-0.4, -0.2) is 49.4 Å². The molecule has 0 saturated carbocycles. The third-order valence-electron chi connectivity index (χ3n) is 2.69. The number of urea groups is 1. The molecule has 1 atom stereocenters. The minimum atomic E-state index is -0.335. The van der Waals surface area contributed by atoms with Gasteiger partial charge in [0.1, 0.15) is 0 Å². The molecule has 0 aromatic carbocycles. The summed E-state index contributed by atoms with van der Waals surface area (Å²) in [6.45, 7) is 1.46. The lowest BCUT2D eigenvalue weighted by molar-refractivity contribution is -0.164. The van der Waals surface area contributed by atoms with Crippen LogP contribution in [0.4, 0.5) is 4.79 Å². The van der Waals surface area contributed by atoms with Crippen LogP contribution in [0.25, 0.3) is 0 Å². The van der Waals surface area contributed by atoms with Crippen LogP contribution in [0.3, 0.4) is 0 Å². The van der Waals surface area contributed by atoms with E-state index < -0.39 is 0 Å². The summed E-state index contributed by atoms with van der Waals surface area (Å²) in [6.07, 6.45) is 2.90. The molecule has 0 aromatic heterocycles. The van der Waals surface area contributed by atoms with Crippen molar-refractivity contribution in [1.29, 1.82) is 0 Å². The highest BCUT2D eigenvalue weighted by Crippen LogP contribution is 2.13. The molecule has 1 unspecified atom stereocenters. The Bertz CT molecular complexity index is 260. The Morgan fingerprint density at radius 3 is 2.94 bits per heavy atom. The van der Waals surface area contributed by atoms with Crippen molar-refractivity contribution >= 4 is 11.9 Å². The topological polar surface area (TPSA) is 67.9 Å². The highest BCUT2D eigenvalue weighted by Gasteiger charge is 2.28. The van der Waals surface area contributed by atoms with E-state index >= 15 is 0 Å². The van der Waals surface area contributed by atoms with E-state index in [-0.39, 0.29) is 24.8 Å². The van der Waals surface area contributed by atoms with Crippen molar-refractivity contribution in [3.05, 3.63) is 0 Å². The van der Waals surface area contributed by atoms with Gasteiger partial charge in [-0.2, -0.15) is 0 Å². The van der Waals surface area contributed by atoms with E-state index in [1.54, 1.807) is 0 Å². The van der Waals surface area contributed by atoms with Crippen molar-refractivity contribution in [2.24, 2.45) is 0 Å². The van der Waals surface area contributed by atoms with Crippen LogP contribution in [0.15, 0.2) is 0 Å². The molecule has 2 heterocycles. The minimum absolute atomic E-state index is 0.0960. The van der Waals surface area contributed by atoms with E-state index in [1.165, 1.54) is 4.90 Å². The Morgan fingerprint density at radius 1 is 1.44 bits per heavy atom. The number of nitrogens with one attached hydrogen (secondary N) is 1.